The fraction of sp³-hybridized carbons (Fsp3) is 0.300. The van der Waals surface area contributed by atoms with Gasteiger partial charge in [0, 0.05) is 36.1 Å². The molecule has 8 heteroatoms. The van der Waals surface area contributed by atoms with E-state index in [1.807, 2.05) is 0 Å². The Kier molecular flexibility index (Phi) is 4.81. The van der Waals surface area contributed by atoms with Crippen LogP contribution in [0.25, 0.3) is 22.0 Å². The van der Waals surface area contributed by atoms with Crippen LogP contribution in [0.3, 0.4) is 0 Å². The highest BCUT2D eigenvalue weighted by molar-refractivity contribution is 6.34. The lowest BCUT2D eigenvalue weighted by Crippen LogP contribution is -2.54. The standard InChI is InChI=1S/C20H19ClF2N4O/c1-10-7-27(8-11(2)26-10)20-12-6-13(21)16(18(23)19(12)24-9-25-20)17-14(22)4-3-5-15(17)28/h3-6,9-11,26,28H,7-8H2,1-2H3/t10-,11+. The second-order valence-corrected chi connectivity index (χ2v) is 7.56. The number of rotatable bonds is 2. The van der Waals surface area contributed by atoms with Crippen molar-refractivity contribution in [3.8, 4) is 16.9 Å². The average Bonchev–Trinajstić information content (AvgIpc) is 2.63. The molecule has 0 unspecified atom stereocenters. The lowest BCUT2D eigenvalue weighted by atomic mass is 10.0. The average molecular weight is 405 g/mol. The van der Waals surface area contributed by atoms with Crippen LogP contribution >= 0.6 is 11.6 Å². The van der Waals surface area contributed by atoms with Crippen LogP contribution in [0.2, 0.25) is 5.02 Å². The smallest absolute Gasteiger partial charge is 0.159 e. The zero-order valence-electron chi connectivity index (χ0n) is 15.4. The van der Waals surface area contributed by atoms with Gasteiger partial charge in [-0.3, -0.25) is 0 Å². The SMILES string of the molecule is C[C@@H]1CN(c2ncnc3c(F)c(-c4c(O)cccc4F)c(Cl)cc23)C[C@H](C)N1. The molecule has 2 aromatic carbocycles. The van der Waals surface area contributed by atoms with Crippen LogP contribution in [0.1, 0.15) is 13.8 Å². The fourth-order valence-corrected chi connectivity index (χ4v) is 4.14. The van der Waals surface area contributed by atoms with Crippen LogP contribution in [0.5, 0.6) is 5.75 Å². The number of halogens is 3. The van der Waals surface area contributed by atoms with Crippen LogP contribution in [0.4, 0.5) is 14.6 Å². The number of anilines is 1. The molecule has 4 rings (SSSR count). The lowest BCUT2D eigenvalue weighted by molar-refractivity contribution is 0.406. The Bertz CT molecular complexity index is 1030. The number of aromatic nitrogens is 2. The van der Waals surface area contributed by atoms with Gasteiger partial charge in [0.1, 0.15) is 29.2 Å². The molecule has 2 heterocycles. The molecule has 0 bridgehead atoms. The second kappa shape index (κ2) is 7.14. The monoisotopic (exact) mass is 404 g/mol. The first-order chi connectivity index (χ1) is 13.4. The van der Waals surface area contributed by atoms with Gasteiger partial charge in [0.25, 0.3) is 0 Å². The van der Waals surface area contributed by atoms with E-state index in [1.54, 1.807) is 0 Å². The van der Waals surface area contributed by atoms with E-state index >= 15 is 4.39 Å². The summed E-state index contributed by atoms with van der Waals surface area (Å²) in [4.78, 5) is 10.5. The van der Waals surface area contributed by atoms with Gasteiger partial charge in [0.05, 0.1) is 10.6 Å². The Morgan fingerprint density at radius 3 is 2.54 bits per heavy atom. The molecular formula is C20H19ClF2N4O. The lowest BCUT2D eigenvalue weighted by Gasteiger charge is -2.37. The highest BCUT2D eigenvalue weighted by Gasteiger charge is 2.26. The highest BCUT2D eigenvalue weighted by atomic mass is 35.5. The largest absolute Gasteiger partial charge is 0.507 e. The summed E-state index contributed by atoms with van der Waals surface area (Å²) in [5.41, 5.74) is -0.459. The van der Waals surface area contributed by atoms with E-state index in [0.29, 0.717) is 24.3 Å². The Morgan fingerprint density at radius 2 is 1.86 bits per heavy atom. The Balaban J connectivity index is 1.92. The first kappa shape index (κ1) is 18.8. The topological polar surface area (TPSA) is 61.3 Å². The number of piperazine rings is 1. The van der Waals surface area contributed by atoms with Gasteiger partial charge in [-0.1, -0.05) is 17.7 Å². The molecule has 0 spiro atoms. The van der Waals surface area contributed by atoms with E-state index in [4.69, 9.17) is 11.6 Å². The number of hydrogen-bond donors (Lipinski definition) is 2. The number of nitrogens with one attached hydrogen (secondary N) is 1. The number of phenolic OH excluding ortho intramolecular Hbond substituents is 1. The van der Waals surface area contributed by atoms with Gasteiger partial charge in [-0.25, -0.2) is 18.7 Å². The van der Waals surface area contributed by atoms with Gasteiger partial charge in [-0.2, -0.15) is 0 Å². The van der Waals surface area contributed by atoms with Gasteiger partial charge in [-0.15, -0.1) is 0 Å². The molecule has 0 amide bonds. The summed E-state index contributed by atoms with van der Waals surface area (Å²) < 4.78 is 29.7. The van der Waals surface area contributed by atoms with Gasteiger partial charge in [0.2, 0.25) is 0 Å². The zero-order chi connectivity index (χ0) is 20.0. The van der Waals surface area contributed by atoms with Crippen molar-refractivity contribution in [2.75, 3.05) is 18.0 Å². The molecule has 1 aliphatic rings. The first-order valence-corrected chi connectivity index (χ1v) is 9.36. The summed E-state index contributed by atoms with van der Waals surface area (Å²) >= 11 is 6.35. The molecule has 1 fully saturated rings. The van der Waals surface area contributed by atoms with E-state index in [0.717, 1.165) is 6.07 Å². The summed E-state index contributed by atoms with van der Waals surface area (Å²) in [6.07, 6.45) is 1.29. The fourth-order valence-electron chi connectivity index (χ4n) is 3.86. The molecule has 0 radical (unpaired) electrons. The number of fused-ring (bicyclic) bond motifs is 1. The molecule has 3 aromatic rings. The molecular weight excluding hydrogens is 386 g/mol. The molecule has 5 nitrogen and oxygen atoms in total. The van der Waals surface area contributed by atoms with Crippen molar-refractivity contribution in [2.45, 2.75) is 25.9 Å². The first-order valence-electron chi connectivity index (χ1n) is 8.98. The molecule has 2 N–H and O–H groups in total. The third-order valence-electron chi connectivity index (χ3n) is 4.90. The predicted octanol–water partition coefficient (Wildman–Crippen LogP) is 4.12. The maximum absolute atomic E-state index is 15.4. The summed E-state index contributed by atoms with van der Waals surface area (Å²) in [6.45, 7) is 5.54. The van der Waals surface area contributed by atoms with Crippen molar-refractivity contribution in [3.05, 3.63) is 47.2 Å². The zero-order valence-corrected chi connectivity index (χ0v) is 16.1. The summed E-state index contributed by atoms with van der Waals surface area (Å²) in [5, 5.41) is 13.9. The number of aromatic hydroxyl groups is 1. The van der Waals surface area contributed by atoms with Gasteiger partial charge in [0.15, 0.2) is 5.82 Å². The predicted molar refractivity (Wildman–Crippen MR) is 106 cm³/mol. The minimum Gasteiger partial charge on any atom is -0.507 e. The Morgan fingerprint density at radius 1 is 1.14 bits per heavy atom. The van der Waals surface area contributed by atoms with Crippen molar-refractivity contribution in [3.63, 3.8) is 0 Å². The summed E-state index contributed by atoms with van der Waals surface area (Å²) in [5.74, 6) is -1.36. The van der Waals surface area contributed by atoms with E-state index in [1.165, 1.54) is 24.5 Å². The molecule has 28 heavy (non-hydrogen) atoms. The van der Waals surface area contributed by atoms with E-state index in [2.05, 4.69) is 34.0 Å². The maximum atomic E-state index is 15.4. The van der Waals surface area contributed by atoms with E-state index in [9.17, 15) is 9.50 Å². The van der Waals surface area contributed by atoms with E-state index in [-0.39, 0.29) is 39.5 Å². The second-order valence-electron chi connectivity index (χ2n) is 7.15. The van der Waals surface area contributed by atoms with Crippen LogP contribution < -0.4 is 10.2 Å². The number of benzene rings is 2. The van der Waals surface area contributed by atoms with Crippen LogP contribution in [-0.4, -0.2) is 40.2 Å². The molecule has 0 aliphatic carbocycles. The van der Waals surface area contributed by atoms with Crippen LogP contribution in [-0.2, 0) is 0 Å². The minimum absolute atomic E-state index is 0.0160. The molecule has 146 valence electrons. The number of phenols is 1. The van der Waals surface area contributed by atoms with Crippen molar-refractivity contribution in [1.29, 1.82) is 0 Å². The third-order valence-corrected chi connectivity index (χ3v) is 5.20. The molecule has 1 aromatic heterocycles. The minimum atomic E-state index is -0.789. The quantitative estimate of drug-likeness (QED) is 0.672. The maximum Gasteiger partial charge on any atom is 0.159 e. The van der Waals surface area contributed by atoms with Gasteiger partial charge < -0.3 is 15.3 Å². The van der Waals surface area contributed by atoms with Gasteiger partial charge >= 0.3 is 0 Å². The molecule has 1 saturated heterocycles. The van der Waals surface area contributed by atoms with Crippen molar-refractivity contribution in [2.24, 2.45) is 0 Å². The Hall–Kier alpha value is -2.51. The van der Waals surface area contributed by atoms with Crippen molar-refractivity contribution >= 4 is 28.3 Å². The summed E-state index contributed by atoms with van der Waals surface area (Å²) in [6, 6.07) is 5.78. The number of nitrogens with zero attached hydrogens (tertiary/aromatic N) is 3. The molecule has 1 aliphatic heterocycles. The van der Waals surface area contributed by atoms with Crippen LogP contribution in [0.15, 0.2) is 30.6 Å². The Labute approximate surface area is 166 Å². The summed E-state index contributed by atoms with van der Waals surface area (Å²) in [7, 11) is 0. The van der Waals surface area contributed by atoms with Gasteiger partial charge in [-0.05, 0) is 32.0 Å². The normalized spacial score (nSPS) is 20.0. The highest BCUT2D eigenvalue weighted by Crippen LogP contribution is 2.42. The van der Waals surface area contributed by atoms with E-state index < -0.39 is 11.6 Å². The third kappa shape index (κ3) is 3.14. The van der Waals surface area contributed by atoms with Crippen molar-refractivity contribution in [1.82, 2.24) is 15.3 Å². The van der Waals surface area contributed by atoms with Crippen LogP contribution in [0, 0.1) is 11.6 Å². The molecule has 2 atom stereocenters. The number of hydrogen-bond acceptors (Lipinski definition) is 5. The van der Waals surface area contributed by atoms with Crippen molar-refractivity contribution < 1.29 is 13.9 Å². The molecule has 0 saturated carbocycles.